The highest BCUT2D eigenvalue weighted by Gasteiger charge is 2.20. The summed E-state index contributed by atoms with van der Waals surface area (Å²) in [7, 11) is 0. The fourth-order valence-electron chi connectivity index (χ4n) is 3.26. The maximum Gasteiger partial charge on any atom is 0.224 e. The van der Waals surface area contributed by atoms with Crippen LogP contribution in [0.4, 0.5) is 5.69 Å². The molecule has 1 aromatic rings. The number of hydrogen-bond acceptors (Lipinski definition) is 4. The monoisotopic (exact) mass is 367 g/mol. The molecule has 6 nitrogen and oxygen atoms in total. The number of carbonyl (C=O) groups is 2. The number of nitrogens with two attached hydrogens (primary N) is 1. The van der Waals surface area contributed by atoms with Gasteiger partial charge in [0.05, 0.1) is 6.61 Å². The van der Waals surface area contributed by atoms with E-state index in [4.69, 9.17) is 10.5 Å². The van der Waals surface area contributed by atoms with E-state index >= 15 is 0 Å². The van der Waals surface area contributed by atoms with E-state index in [-0.39, 0.29) is 30.3 Å². The zero-order valence-corrected chi connectivity index (χ0v) is 15.1. The Morgan fingerprint density at radius 2 is 2.20 bits per heavy atom. The second-order valence-electron chi connectivity index (χ2n) is 6.56. The molecule has 2 amide bonds. The van der Waals surface area contributed by atoms with Crippen molar-refractivity contribution >= 4 is 29.9 Å². The number of fused-ring (bicyclic) bond motifs is 1. The number of nitrogens with one attached hydrogen (secondary N) is 1. The van der Waals surface area contributed by atoms with Crippen molar-refractivity contribution in [1.29, 1.82) is 0 Å². The average Bonchev–Trinajstić information content (AvgIpc) is 2.58. The molecular formula is C18H26ClN3O3. The molecule has 2 aliphatic heterocycles. The van der Waals surface area contributed by atoms with Gasteiger partial charge in [0, 0.05) is 37.7 Å². The molecule has 3 N–H and O–H groups in total. The fraction of sp³-hybridized carbons (Fsp3) is 0.556. The molecule has 3 rings (SSSR count). The zero-order valence-electron chi connectivity index (χ0n) is 14.3. The third-order valence-electron chi connectivity index (χ3n) is 4.59. The van der Waals surface area contributed by atoms with Crippen LogP contribution in [0.15, 0.2) is 18.2 Å². The first kappa shape index (κ1) is 19.5. The number of ether oxygens (including phenoxy) is 1. The zero-order chi connectivity index (χ0) is 16.9. The minimum absolute atomic E-state index is 0. The third kappa shape index (κ3) is 5.34. The van der Waals surface area contributed by atoms with Crippen LogP contribution >= 0.6 is 12.4 Å². The number of hydrogen-bond donors (Lipinski definition) is 2. The number of halogens is 1. The summed E-state index contributed by atoms with van der Waals surface area (Å²) in [5.41, 5.74) is 7.89. The van der Waals surface area contributed by atoms with E-state index in [1.807, 2.05) is 23.1 Å². The second-order valence-corrected chi connectivity index (χ2v) is 6.56. The van der Waals surface area contributed by atoms with Crippen LogP contribution in [0.3, 0.4) is 0 Å². The van der Waals surface area contributed by atoms with Crippen LogP contribution in [0, 0.1) is 0 Å². The number of rotatable bonds is 5. The molecule has 0 bridgehead atoms. The summed E-state index contributed by atoms with van der Waals surface area (Å²) in [5.74, 6) is 1.02. The molecule has 2 aliphatic rings. The van der Waals surface area contributed by atoms with Crippen molar-refractivity contribution in [2.24, 2.45) is 5.73 Å². The molecule has 25 heavy (non-hydrogen) atoms. The quantitative estimate of drug-likeness (QED) is 0.780. The van der Waals surface area contributed by atoms with Gasteiger partial charge < -0.3 is 20.7 Å². The lowest BCUT2D eigenvalue weighted by Gasteiger charge is -2.30. The number of anilines is 1. The Kier molecular flexibility index (Phi) is 7.08. The predicted molar refractivity (Wildman–Crippen MR) is 99.2 cm³/mol. The van der Waals surface area contributed by atoms with Crippen molar-refractivity contribution in [1.82, 2.24) is 4.90 Å². The normalized spacial score (nSPS) is 19.5. The van der Waals surface area contributed by atoms with Crippen LogP contribution in [-0.4, -0.2) is 42.5 Å². The Labute approximate surface area is 154 Å². The van der Waals surface area contributed by atoms with Crippen LogP contribution < -0.4 is 15.8 Å². The molecule has 1 fully saturated rings. The maximum absolute atomic E-state index is 12.2. The van der Waals surface area contributed by atoms with Gasteiger partial charge in [-0.15, -0.1) is 12.4 Å². The number of aryl methyl sites for hydroxylation is 1. The third-order valence-corrected chi connectivity index (χ3v) is 4.59. The summed E-state index contributed by atoms with van der Waals surface area (Å²) in [6.07, 6.45) is 4.45. The Hall–Kier alpha value is -1.79. The van der Waals surface area contributed by atoms with E-state index in [1.165, 1.54) is 0 Å². The topological polar surface area (TPSA) is 84.7 Å². The van der Waals surface area contributed by atoms with Gasteiger partial charge in [-0.05, 0) is 49.4 Å². The minimum atomic E-state index is 0. The number of benzene rings is 1. The number of likely N-dealkylation sites (tertiary alicyclic amines) is 1. The lowest BCUT2D eigenvalue weighted by Crippen LogP contribution is -2.45. The molecule has 7 heteroatoms. The first-order valence-corrected chi connectivity index (χ1v) is 8.71. The molecule has 2 heterocycles. The van der Waals surface area contributed by atoms with Crippen LogP contribution in [0.1, 0.15) is 37.7 Å². The summed E-state index contributed by atoms with van der Waals surface area (Å²) in [5, 5.41) is 2.85. The highest BCUT2D eigenvalue weighted by molar-refractivity contribution is 5.94. The van der Waals surface area contributed by atoms with Crippen molar-refractivity contribution in [2.75, 3.05) is 25.0 Å². The van der Waals surface area contributed by atoms with Crippen molar-refractivity contribution in [3.8, 4) is 5.75 Å². The first-order valence-electron chi connectivity index (χ1n) is 8.71. The van der Waals surface area contributed by atoms with E-state index in [1.54, 1.807) is 0 Å². The summed E-state index contributed by atoms with van der Waals surface area (Å²) in [6.45, 7) is 2.01. The maximum atomic E-state index is 12.2. The smallest absolute Gasteiger partial charge is 0.224 e. The molecule has 138 valence electrons. The second kappa shape index (κ2) is 9.06. The van der Waals surface area contributed by atoms with Crippen LogP contribution in [0.2, 0.25) is 0 Å². The number of amides is 2. The standard InChI is InChI=1S/C18H25N3O3.ClH/c19-14-3-1-9-21(12-14)18(23)4-2-10-24-15-6-7-16-13(11-15)5-8-17(22)20-16;/h6-7,11,14H,1-5,8-10,12,19H2,(H,20,22);1H. The SMILES string of the molecule is Cl.NC1CCCN(C(=O)CCCOc2ccc3c(c2)CCC(=O)N3)C1. The Morgan fingerprint density at radius 1 is 1.36 bits per heavy atom. The van der Waals surface area contributed by atoms with E-state index < -0.39 is 0 Å². The lowest BCUT2D eigenvalue weighted by atomic mass is 10.0. The molecule has 0 saturated carbocycles. The summed E-state index contributed by atoms with van der Waals surface area (Å²) in [6, 6.07) is 5.83. The molecule has 1 unspecified atom stereocenters. The number of nitrogens with zero attached hydrogens (tertiary/aromatic N) is 1. The van der Waals surface area contributed by atoms with E-state index in [9.17, 15) is 9.59 Å². The summed E-state index contributed by atoms with van der Waals surface area (Å²) >= 11 is 0. The lowest BCUT2D eigenvalue weighted by molar-refractivity contribution is -0.132. The van der Waals surface area contributed by atoms with Crippen molar-refractivity contribution in [3.63, 3.8) is 0 Å². The van der Waals surface area contributed by atoms with Gasteiger partial charge in [0.25, 0.3) is 0 Å². The first-order chi connectivity index (χ1) is 11.6. The largest absolute Gasteiger partial charge is 0.494 e. The summed E-state index contributed by atoms with van der Waals surface area (Å²) in [4.78, 5) is 25.4. The van der Waals surface area contributed by atoms with Crippen LogP contribution in [0.5, 0.6) is 5.75 Å². The molecule has 0 aliphatic carbocycles. The van der Waals surface area contributed by atoms with Crippen LogP contribution in [-0.2, 0) is 16.0 Å². The van der Waals surface area contributed by atoms with Gasteiger partial charge >= 0.3 is 0 Å². The number of carbonyl (C=O) groups excluding carboxylic acids is 2. The van der Waals surface area contributed by atoms with Crippen molar-refractivity contribution < 1.29 is 14.3 Å². The predicted octanol–water partition coefficient (Wildman–Crippen LogP) is 2.10. The highest BCUT2D eigenvalue weighted by Crippen LogP contribution is 2.26. The van der Waals surface area contributed by atoms with Gasteiger partial charge in [0.1, 0.15) is 5.75 Å². The van der Waals surface area contributed by atoms with Gasteiger partial charge in [-0.25, -0.2) is 0 Å². The molecular weight excluding hydrogens is 342 g/mol. The Morgan fingerprint density at radius 3 is 3.00 bits per heavy atom. The van der Waals surface area contributed by atoms with Gasteiger partial charge in [-0.2, -0.15) is 0 Å². The van der Waals surface area contributed by atoms with E-state index in [0.29, 0.717) is 32.4 Å². The van der Waals surface area contributed by atoms with Crippen molar-refractivity contribution in [2.45, 2.75) is 44.6 Å². The van der Waals surface area contributed by atoms with E-state index in [0.717, 1.165) is 42.8 Å². The van der Waals surface area contributed by atoms with Crippen molar-refractivity contribution in [3.05, 3.63) is 23.8 Å². The van der Waals surface area contributed by atoms with Gasteiger partial charge in [0.2, 0.25) is 11.8 Å². The van der Waals surface area contributed by atoms with E-state index in [2.05, 4.69) is 5.32 Å². The number of piperidine rings is 1. The fourth-order valence-corrected chi connectivity index (χ4v) is 3.26. The molecule has 0 spiro atoms. The molecule has 1 aromatic carbocycles. The van der Waals surface area contributed by atoms with Gasteiger partial charge in [-0.1, -0.05) is 0 Å². The molecule has 0 radical (unpaired) electrons. The molecule has 0 aromatic heterocycles. The average molecular weight is 368 g/mol. The highest BCUT2D eigenvalue weighted by atomic mass is 35.5. The van der Waals surface area contributed by atoms with Crippen LogP contribution in [0.25, 0.3) is 0 Å². The molecule has 1 saturated heterocycles. The Bertz CT molecular complexity index is 624. The summed E-state index contributed by atoms with van der Waals surface area (Å²) < 4.78 is 5.75. The Balaban J connectivity index is 0.00000225. The molecule has 1 atom stereocenters. The van der Waals surface area contributed by atoms with Gasteiger partial charge in [-0.3, -0.25) is 9.59 Å². The minimum Gasteiger partial charge on any atom is -0.494 e. The van der Waals surface area contributed by atoms with Gasteiger partial charge in [0.15, 0.2) is 0 Å².